The first-order chi connectivity index (χ1) is 10.2. The molecule has 0 aliphatic carbocycles. The third-order valence-electron chi connectivity index (χ3n) is 3.05. The first-order valence-electron chi connectivity index (χ1n) is 6.71. The molecule has 0 saturated carbocycles. The van der Waals surface area contributed by atoms with Gasteiger partial charge in [0.1, 0.15) is 0 Å². The molecule has 0 saturated heterocycles. The summed E-state index contributed by atoms with van der Waals surface area (Å²) in [5.41, 5.74) is 8.75. The molecule has 0 unspecified atom stereocenters. The molecule has 0 bridgehead atoms. The second-order valence-corrected chi connectivity index (χ2v) is 5.60. The Morgan fingerprint density at radius 2 is 1.57 bits per heavy atom. The summed E-state index contributed by atoms with van der Waals surface area (Å²) in [6.45, 7) is 1.49. The summed E-state index contributed by atoms with van der Waals surface area (Å²) < 4.78 is 1.02. The Kier molecular flexibility index (Phi) is 5.78. The molecule has 0 fully saturated rings. The van der Waals surface area contributed by atoms with E-state index in [4.69, 9.17) is 5.73 Å². The van der Waals surface area contributed by atoms with Crippen molar-refractivity contribution in [2.45, 2.75) is 19.6 Å². The summed E-state index contributed by atoms with van der Waals surface area (Å²) in [5.74, 6) is 0. The molecule has 5 heteroatoms. The average molecular weight is 348 g/mol. The SMILES string of the molecule is NCc1cccc(CNC(=O)NCc2ccc(Br)cc2)c1. The lowest BCUT2D eigenvalue weighted by molar-refractivity contribution is 0.240. The van der Waals surface area contributed by atoms with Crippen LogP contribution in [0.2, 0.25) is 0 Å². The monoisotopic (exact) mass is 347 g/mol. The van der Waals surface area contributed by atoms with Crippen LogP contribution < -0.4 is 16.4 Å². The molecule has 4 N–H and O–H groups in total. The molecule has 4 nitrogen and oxygen atoms in total. The third-order valence-corrected chi connectivity index (χ3v) is 3.58. The molecule has 0 atom stereocenters. The molecule has 2 aromatic rings. The Hall–Kier alpha value is -1.85. The van der Waals surface area contributed by atoms with E-state index in [2.05, 4.69) is 26.6 Å². The quantitative estimate of drug-likeness (QED) is 0.778. The standard InChI is InChI=1S/C16H18BrN3O/c17-15-6-4-12(5-7-15)10-19-16(21)20-11-14-3-1-2-13(8-14)9-18/h1-8H,9-11,18H2,(H2,19,20,21). The van der Waals surface area contributed by atoms with Gasteiger partial charge in [0.2, 0.25) is 0 Å². The van der Waals surface area contributed by atoms with Crippen molar-refractivity contribution in [3.8, 4) is 0 Å². The van der Waals surface area contributed by atoms with Crippen LogP contribution >= 0.6 is 15.9 Å². The molecular formula is C16H18BrN3O. The number of rotatable bonds is 5. The molecule has 0 aromatic heterocycles. The van der Waals surface area contributed by atoms with Crippen LogP contribution in [0.15, 0.2) is 53.0 Å². The maximum absolute atomic E-state index is 11.8. The lowest BCUT2D eigenvalue weighted by Crippen LogP contribution is -2.34. The van der Waals surface area contributed by atoms with Gasteiger partial charge in [0.25, 0.3) is 0 Å². The summed E-state index contributed by atoms with van der Waals surface area (Å²) in [6, 6.07) is 15.5. The van der Waals surface area contributed by atoms with Gasteiger partial charge in [0.15, 0.2) is 0 Å². The molecule has 2 amide bonds. The van der Waals surface area contributed by atoms with Crippen molar-refractivity contribution in [3.63, 3.8) is 0 Å². The molecule has 2 rings (SSSR count). The number of hydrogen-bond donors (Lipinski definition) is 3. The van der Waals surface area contributed by atoms with Crippen LogP contribution in [0, 0.1) is 0 Å². The molecule has 0 aliphatic rings. The van der Waals surface area contributed by atoms with E-state index in [1.807, 2.05) is 48.5 Å². The van der Waals surface area contributed by atoms with Crippen molar-refractivity contribution in [2.75, 3.05) is 0 Å². The Labute approximate surface area is 132 Å². The van der Waals surface area contributed by atoms with Crippen molar-refractivity contribution in [1.29, 1.82) is 0 Å². The van der Waals surface area contributed by atoms with E-state index in [-0.39, 0.29) is 6.03 Å². The summed E-state index contributed by atoms with van der Waals surface area (Å²) in [4.78, 5) is 11.8. The highest BCUT2D eigenvalue weighted by Gasteiger charge is 2.01. The van der Waals surface area contributed by atoms with Crippen molar-refractivity contribution < 1.29 is 4.79 Å². The van der Waals surface area contributed by atoms with E-state index in [9.17, 15) is 4.79 Å². The van der Waals surface area contributed by atoms with E-state index in [1.165, 1.54) is 0 Å². The maximum atomic E-state index is 11.8. The highest BCUT2D eigenvalue weighted by molar-refractivity contribution is 9.10. The number of halogens is 1. The lowest BCUT2D eigenvalue weighted by atomic mass is 10.1. The van der Waals surface area contributed by atoms with Crippen LogP contribution in [0.1, 0.15) is 16.7 Å². The first kappa shape index (κ1) is 15.5. The Morgan fingerprint density at radius 1 is 0.952 bits per heavy atom. The summed E-state index contributed by atoms with van der Waals surface area (Å²) in [5, 5.41) is 5.66. The Bertz CT molecular complexity index is 599. The number of benzene rings is 2. The minimum absolute atomic E-state index is 0.184. The fourth-order valence-electron chi connectivity index (χ4n) is 1.90. The Balaban J connectivity index is 1.78. The van der Waals surface area contributed by atoms with Gasteiger partial charge in [-0.05, 0) is 28.8 Å². The van der Waals surface area contributed by atoms with Crippen LogP contribution in [0.25, 0.3) is 0 Å². The van der Waals surface area contributed by atoms with Gasteiger partial charge in [-0.25, -0.2) is 4.79 Å². The zero-order valence-corrected chi connectivity index (χ0v) is 13.2. The normalized spacial score (nSPS) is 10.2. The highest BCUT2D eigenvalue weighted by Crippen LogP contribution is 2.10. The van der Waals surface area contributed by atoms with Gasteiger partial charge >= 0.3 is 6.03 Å². The number of amides is 2. The predicted octanol–water partition coefficient (Wildman–Crippen LogP) is 2.91. The third kappa shape index (κ3) is 5.21. The van der Waals surface area contributed by atoms with E-state index < -0.39 is 0 Å². The van der Waals surface area contributed by atoms with Gasteiger partial charge in [-0.15, -0.1) is 0 Å². The first-order valence-corrected chi connectivity index (χ1v) is 7.50. The fourth-order valence-corrected chi connectivity index (χ4v) is 2.16. The molecule has 0 spiro atoms. The number of nitrogens with one attached hydrogen (secondary N) is 2. The number of hydrogen-bond acceptors (Lipinski definition) is 2. The second kappa shape index (κ2) is 7.81. The number of carbonyl (C=O) groups is 1. The lowest BCUT2D eigenvalue weighted by Gasteiger charge is -2.08. The fraction of sp³-hybridized carbons (Fsp3) is 0.188. The van der Waals surface area contributed by atoms with Crippen LogP contribution in [0.4, 0.5) is 4.79 Å². The molecule has 110 valence electrons. The largest absolute Gasteiger partial charge is 0.334 e. The van der Waals surface area contributed by atoms with Gasteiger partial charge in [-0.3, -0.25) is 0 Å². The second-order valence-electron chi connectivity index (χ2n) is 4.69. The summed E-state index contributed by atoms with van der Waals surface area (Å²) in [7, 11) is 0. The zero-order chi connectivity index (χ0) is 15.1. The number of urea groups is 1. The van der Waals surface area contributed by atoms with E-state index >= 15 is 0 Å². The van der Waals surface area contributed by atoms with Gasteiger partial charge in [-0.2, -0.15) is 0 Å². The van der Waals surface area contributed by atoms with Gasteiger partial charge in [-0.1, -0.05) is 52.3 Å². The van der Waals surface area contributed by atoms with Crippen LogP contribution in [0.5, 0.6) is 0 Å². The smallest absolute Gasteiger partial charge is 0.315 e. The maximum Gasteiger partial charge on any atom is 0.315 e. The van der Waals surface area contributed by atoms with E-state index in [0.717, 1.165) is 21.2 Å². The highest BCUT2D eigenvalue weighted by atomic mass is 79.9. The Morgan fingerprint density at radius 3 is 2.24 bits per heavy atom. The van der Waals surface area contributed by atoms with Crippen LogP contribution in [0.3, 0.4) is 0 Å². The molecule has 2 aromatic carbocycles. The van der Waals surface area contributed by atoms with E-state index in [1.54, 1.807) is 0 Å². The number of carbonyl (C=O) groups excluding carboxylic acids is 1. The van der Waals surface area contributed by atoms with Gasteiger partial charge < -0.3 is 16.4 Å². The summed E-state index contributed by atoms with van der Waals surface area (Å²) >= 11 is 3.38. The van der Waals surface area contributed by atoms with Crippen molar-refractivity contribution in [1.82, 2.24) is 10.6 Å². The minimum Gasteiger partial charge on any atom is -0.334 e. The van der Waals surface area contributed by atoms with Crippen molar-refractivity contribution >= 4 is 22.0 Å². The number of nitrogens with two attached hydrogens (primary N) is 1. The molecule has 0 radical (unpaired) electrons. The van der Waals surface area contributed by atoms with Crippen LogP contribution in [-0.4, -0.2) is 6.03 Å². The molecule has 0 aliphatic heterocycles. The average Bonchev–Trinajstić information content (AvgIpc) is 2.52. The van der Waals surface area contributed by atoms with Crippen molar-refractivity contribution in [3.05, 3.63) is 69.7 Å². The van der Waals surface area contributed by atoms with Gasteiger partial charge in [0.05, 0.1) is 0 Å². The van der Waals surface area contributed by atoms with E-state index in [0.29, 0.717) is 19.6 Å². The molecule has 21 heavy (non-hydrogen) atoms. The van der Waals surface area contributed by atoms with Gasteiger partial charge in [0, 0.05) is 24.1 Å². The molecular weight excluding hydrogens is 330 g/mol. The van der Waals surface area contributed by atoms with Crippen molar-refractivity contribution in [2.24, 2.45) is 5.73 Å². The van der Waals surface area contributed by atoms with Crippen LogP contribution in [-0.2, 0) is 19.6 Å². The predicted molar refractivity (Wildman–Crippen MR) is 87.6 cm³/mol. The zero-order valence-electron chi connectivity index (χ0n) is 11.6. The summed E-state index contributed by atoms with van der Waals surface area (Å²) in [6.07, 6.45) is 0. The topological polar surface area (TPSA) is 67.1 Å². The minimum atomic E-state index is -0.184. The molecule has 0 heterocycles.